The lowest BCUT2D eigenvalue weighted by molar-refractivity contribution is -0.0621. The van der Waals surface area contributed by atoms with Crippen molar-refractivity contribution in [1.82, 2.24) is 9.97 Å². The number of halogens is 1. The summed E-state index contributed by atoms with van der Waals surface area (Å²) in [4.78, 5) is 7.96. The molecule has 0 radical (unpaired) electrons. The van der Waals surface area contributed by atoms with Crippen LogP contribution in [-0.4, -0.2) is 72.6 Å². The Hall–Kier alpha value is -2.17. The Morgan fingerprint density at radius 3 is 2.66 bits per heavy atom. The highest BCUT2D eigenvalue weighted by Crippen LogP contribution is 2.49. The summed E-state index contributed by atoms with van der Waals surface area (Å²) in [5.74, 6) is 0.697. The zero-order chi connectivity index (χ0) is 24.6. The summed E-state index contributed by atoms with van der Waals surface area (Å²) in [5, 5.41) is 10.7. The van der Waals surface area contributed by atoms with Crippen LogP contribution in [0.2, 0.25) is 5.02 Å². The number of benzene rings is 1. The Morgan fingerprint density at radius 2 is 1.97 bits per heavy atom. The van der Waals surface area contributed by atoms with Gasteiger partial charge in [0.1, 0.15) is 27.6 Å². The van der Waals surface area contributed by atoms with E-state index in [2.05, 4.69) is 4.98 Å². The molecule has 3 fully saturated rings. The van der Waals surface area contributed by atoms with E-state index in [1.807, 2.05) is 43.3 Å². The molecule has 4 atom stereocenters. The number of nitrogens with one attached hydrogen (secondary N) is 1. The zero-order valence-electron chi connectivity index (χ0n) is 19.5. The Morgan fingerprint density at radius 1 is 1.23 bits per heavy atom. The number of aromatic amines is 1. The first-order valence-electron chi connectivity index (χ1n) is 11.6. The van der Waals surface area contributed by atoms with Crippen molar-refractivity contribution in [2.45, 2.75) is 49.1 Å². The van der Waals surface area contributed by atoms with E-state index >= 15 is 0 Å². The van der Waals surface area contributed by atoms with Crippen LogP contribution >= 0.6 is 11.6 Å². The second kappa shape index (κ2) is 7.91. The van der Waals surface area contributed by atoms with Gasteiger partial charge in [0.05, 0.1) is 40.7 Å². The maximum Gasteiger partial charge on any atom is 0.193 e. The first-order chi connectivity index (χ1) is 16.6. The van der Waals surface area contributed by atoms with Crippen molar-refractivity contribution in [3.05, 3.63) is 47.0 Å². The summed E-state index contributed by atoms with van der Waals surface area (Å²) < 4.78 is 41.4. The summed E-state index contributed by atoms with van der Waals surface area (Å²) in [7, 11) is -3.06. The number of hydrogen-bond acceptors (Lipinski definition) is 7. The summed E-state index contributed by atoms with van der Waals surface area (Å²) >= 11 is 6.58. The van der Waals surface area contributed by atoms with E-state index in [9.17, 15) is 13.5 Å². The topological polar surface area (TPSA) is 111 Å². The SMILES string of the molecule is C[C@]12OC[C@@H](Oc3cc4nc(-c5ccc(C6(CS(C)(=O)=O)CC6)cc5)c(Cl)cc4[nH]3)[C@H]1OC[C@H]2O. The molecule has 3 aliphatic rings. The number of pyridine rings is 1. The number of rotatable bonds is 6. The molecule has 10 heteroatoms. The van der Waals surface area contributed by atoms with E-state index in [1.165, 1.54) is 6.26 Å². The van der Waals surface area contributed by atoms with Crippen LogP contribution < -0.4 is 4.74 Å². The highest BCUT2D eigenvalue weighted by Gasteiger charge is 2.57. The molecule has 35 heavy (non-hydrogen) atoms. The fraction of sp³-hybridized carbons (Fsp3) is 0.480. The van der Waals surface area contributed by atoms with Gasteiger partial charge in [-0.05, 0) is 31.4 Å². The van der Waals surface area contributed by atoms with E-state index in [1.54, 1.807) is 0 Å². The number of fused-ring (bicyclic) bond motifs is 2. The maximum absolute atomic E-state index is 11.8. The van der Waals surface area contributed by atoms with Gasteiger partial charge in [0, 0.05) is 23.3 Å². The molecule has 2 N–H and O–H groups in total. The molecule has 0 amide bonds. The smallest absolute Gasteiger partial charge is 0.193 e. The standard InChI is InChI=1S/C25H27ClN2O6S/c1-24-20(29)12-32-23(24)19(11-33-24)34-21-10-18-17(27-21)9-16(26)22(28-18)14-3-5-15(6-4-14)25(7-8-25)13-35(2,30)31/h3-6,9-10,19-20,23,27,29H,7-8,11-13H2,1-2H3/t19-,20-,23-,24-/m1/s1. The van der Waals surface area contributed by atoms with Gasteiger partial charge in [0.15, 0.2) is 12.0 Å². The number of aliphatic hydroxyl groups excluding tert-OH is 1. The molecular weight excluding hydrogens is 492 g/mol. The van der Waals surface area contributed by atoms with E-state index in [0.717, 1.165) is 29.5 Å². The molecule has 1 aromatic carbocycles. The van der Waals surface area contributed by atoms with E-state index in [4.69, 9.17) is 30.8 Å². The van der Waals surface area contributed by atoms with Crippen molar-refractivity contribution in [2.24, 2.45) is 0 Å². The van der Waals surface area contributed by atoms with Crippen molar-refractivity contribution >= 4 is 32.5 Å². The third kappa shape index (κ3) is 4.03. The molecule has 1 aliphatic carbocycles. The highest BCUT2D eigenvalue weighted by molar-refractivity contribution is 7.90. The highest BCUT2D eigenvalue weighted by atomic mass is 35.5. The predicted molar refractivity (Wildman–Crippen MR) is 132 cm³/mol. The van der Waals surface area contributed by atoms with Crippen molar-refractivity contribution < 1.29 is 27.7 Å². The van der Waals surface area contributed by atoms with Crippen LogP contribution in [-0.2, 0) is 24.7 Å². The monoisotopic (exact) mass is 518 g/mol. The molecule has 2 saturated heterocycles. The van der Waals surface area contributed by atoms with Crippen LogP contribution in [0, 0.1) is 0 Å². The third-order valence-corrected chi connectivity index (χ3v) is 8.89. The molecule has 0 spiro atoms. The average molecular weight is 519 g/mol. The summed E-state index contributed by atoms with van der Waals surface area (Å²) in [6, 6.07) is 11.5. The number of H-pyrrole nitrogens is 1. The van der Waals surface area contributed by atoms with Gasteiger partial charge < -0.3 is 24.3 Å². The van der Waals surface area contributed by atoms with Gasteiger partial charge >= 0.3 is 0 Å². The van der Waals surface area contributed by atoms with Crippen molar-refractivity contribution in [3.63, 3.8) is 0 Å². The van der Waals surface area contributed by atoms with Gasteiger partial charge in [-0.2, -0.15) is 0 Å². The molecule has 2 aromatic heterocycles. The molecule has 2 aliphatic heterocycles. The zero-order valence-corrected chi connectivity index (χ0v) is 21.0. The molecular formula is C25H27ClN2O6S. The van der Waals surface area contributed by atoms with Gasteiger partial charge in [-0.1, -0.05) is 35.9 Å². The lowest BCUT2D eigenvalue weighted by Gasteiger charge is -2.25. The Bertz CT molecular complexity index is 1400. The van der Waals surface area contributed by atoms with Gasteiger partial charge in [0.25, 0.3) is 0 Å². The van der Waals surface area contributed by atoms with Gasteiger partial charge in [-0.3, -0.25) is 0 Å². The summed E-state index contributed by atoms with van der Waals surface area (Å²) in [6.07, 6.45) is 1.66. The molecule has 186 valence electrons. The fourth-order valence-electron chi connectivity index (χ4n) is 5.40. The largest absolute Gasteiger partial charge is 0.470 e. The number of aliphatic hydroxyl groups is 1. The summed E-state index contributed by atoms with van der Waals surface area (Å²) in [6.45, 7) is 2.39. The van der Waals surface area contributed by atoms with Gasteiger partial charge in [-0.15, -0.1) is 0 Å². The number of ether oxygens (including phenoxy) is 3. The van der Waals surface area contributed by atoms with E-state index in [-0.39, 0.29) is 30.0 Å². The van der Waals surface area contributed by atoms with Crippen molar-refractivity contribution in [1.29, 1.82) is 0 Å². The molecule has 1 saturated carbocycles. The Kier molecular flexibility index (Phi) is 5.26. The summed E-state index contributed by atoms with van der Waals surface area (Å²) in [5.41, 5.74) is 2.94. The average Bonchev–Trinajstić information content (AvgIpc) is 3.20. The normalized spacial score (nSPS) is 29.4. The Labute approximate surface area is 208 Å². The van der Waals surface area contributed by atoms with Crippen LogP contribution in [0.1, 0.15) is 25.3 Å². The second-order valence-electron chi connectivity index (χ2n) is 10.2. The molecule has 4 heterocycles. The molecule has 3 aromatic rings. The van der Waals surface area contributed by atoms with Crippen LogP contribution in [0.4, 0.5) is 0 Å². The van der Waals surface area contributed by atoms with Gasteiger partial charge in [0.2, 0.25) is 0 Å². The van der Waals surface area contributed by atoms with Crippen LogP contribution in [0.5, 0.6) is 5.88 Å². The minimum absolute atomic E-state index is 0.173. The fourth-order valence-corrected chi connectivity index (χ4v) is 7.12. The molecule has 8 nitrogen and oxygen atoms in total. The van der Waals surface area contributed by atoms with Crippen LogP contribution in [0.15, 0.2) is 36.4 Å². The number of aromatic nitrogens is 2. The Balaban J connectivity index is 1.24. The van der Waals surface area contributed by atoms with Gasteiger partial charge in [-0.25, -0.2) is 13.4 Å². The van der Waals surface area contributed by atoms with Crippen LogP contribution in [0.25, 0.3) is 22.3 Å². The quantitative estimate of drug-likeness (QED) is 0.515. The number of nitrogens with zero attached hydrogens (tertiary/aromatic N) is 1. The number of sulfone groups is 1. The lowest BCUT2D eigenvalue weighted by Crippen LogP contribution is -2.45. The van der Waals surface area contributed by atoms with E-state index < -0.39 is 21.5 Å². The lowest BCUT2D eigenvalue weighted by atomic mass is 9.95. The minimum Gasteiger partial charge on any atom is -0.470 e. The first kappa shape index (κ1) is 23.2. The maximum atomic E-state index is 11.8. The molecule has 0 bridgehead atoms. The molecule has 6 rings (SSSR count). The number of hydrogen-bond donors (Lipinski definition) is 2. The predicted octanol–water partition coefficient (Wildman–Crippen LogP) is 3.26. The first-order valence-corrected chi connectivity index (χ1v) is 14.1. The van der Waals surface area contributed by atoms with E-state index in [0.29, 0.717) is 28.7 Å². The third-order valence-electron chi connectivity index (χ3n) is 7.53. The van der Waals surface area contributed by atoms with Crippen LogP contribution in [0.3, 0.4) is 0 Å². The van der Waals surface area contributed by atoms with Crippen molar-refractivity contribution in [2.75, 3.05) is 25.2 Å². The second-order valence-corrected chi connectivity index (χ2v) is 12.8. The molecule has 0 unspecified atom stereocenters. The van der Waals surface area contributed by atoms with Crippen molar-refractivity contribution in [3.8, 4) is 17.1 Å². The minimum atomic E-state index is -3.06.